The first-order valence-corrected chi connectivity index (χ1v) is 11.5. The Morgan fingerprint density at radius 2 is 1.17 bits per heavy atom. The molecule has 2 N–H and O–H groups in total. The van der Waals surface area contributed by atoms with Gasteiger partial charge in [0.15, 0.2) is 0 Å². The van der Waals surface area contributed by atoms with Crippen LogP contribution in [-0.4, -0.2) is 79.4 Å². The number of benzene rings is 2. The van der Waals surface area contributed by atoms with Crippen molar-refractivity contribution in [2.75, 3.05) is 52.5 Å². The average molecular weight is 909 g/mol. The molecule has 0 aliphatic heterocycles. The van der Waals surface area contributed by atoms with E-state index in [0.717, 1.165) is 12.6 Å². The van der Waals surface area contributed by atoms with Crippen LogP contribution >= 0.6 is 15.9 Å². The van der Waals surface area contributed by atoms with Crippen molar-refractivity contribution >= 4 is 28.5 Å². The molecule has 0 radical (unpaired) electrons. The van der Waals surface area contributed by atoms with Gasteiger partial charge in [-0.3, -0.25) is 0 Å². The summed E-state index contributed by atoms with van der Waals surface area (Å²) >= 11 is 3.09. The van der Waals surface area contributed by atoms with Crippen LogP contribution in [0.2, 0.25) is 0 Å². The second-order valence-electron chi connectivity index (χ2n) is 7.01. The maximum absolute atomic E-state index is 13.4. The van der Waals surface area contributed by atoms with Gasteiger partial charge in [0.1, 0.15) is 36.3 Å². The Labute approximate surface area is 251 Å². The molecular weight excluding hydrogens is 877 g/mol. The van der Waals surface area contributed by atoms with Gasteiger partial charge in [0, 0.05) is 30.7 Å². The van der Waals surface area contributed by atoms with E-state index in [0.29, 0.717) is 61.9 Å². The molecule has 6 nitrogen and oxygen atoms in total. The fraction of sp³-hybridized carbons (Fsp3) is 0.333. The Hall–Kier alpha value is -0.338. The van der Waals surface area contributed by atoms with E-state index in [1.165, 1.54) is 18.2 Å². The fourth-order valence-corrected chi connectivity index (χ4v) is 2.88. The minimum atomic E-state index is -1.81. The third-order valence-corrected chi connectivity index (χ3v) is 5.40. The number of halogens is 3. The number of nitrogens with zero attached hydrogens (tertiary/aromatic N) is 2. The van der Waals surface area contributed by atoms with Crippen LogP contribution < -0.4 is 14.9 Å². The summed E-state index contributed by atoms with van der Waals surface area (Å²) in [6, 6.07) is 8.64. The number of ether oxygens (including phenoxy) is 2. The molecule has 0 aliphatic carbocycles. The number of rotatable bonds is 13. The molecule has 0 saturated carbocycles. The maximum atomic E-state index is 13.4. The summed E-state index contributed by atoms with van der Waals surface area (Å²) in [6.45, 7) is 20.0. The van der Waals surface area contributed by atoms with Crippen LogP contribution in [0, 0.1) is 39.3 Å². The molecule has 0 fully saturated rings. The average Bonchev–Trinajstić information content (AvgIpc) is 2.82. The van der Waals surface area contributed by atoms with Crippen molar-refractivity contribution < 1.29 is 70.4 Å². The number of hydrogen-bond donors (Lipinski definition) is 2. The Kier molecular flexibility index (Phi) is 22.7. The minimum absolute atomic E-state index is 0. The van der Waals surface area contributed by atoms with Crippen LogP contribution in [0.1, 0.15) is 0 Å². The first-order valence-electron chi connectivity index (χ1n) is 10.7. The van der Waals surface area contributed by atoms with E-state index in [1.54, 1.807) is 12.1 Å². The largest absolute Gasteiger partial charge is 2.00 e. The summed E-state index contributed by atoms with van der Waals surface area (Å²) in [7, 11) is -1.81. The SMILES string of the molecule is [CH2-]CN(C[CH2-])CCOc1ccc(B(O)O)c(F)c1.[CH2-]CN(C[CH2-])CCOc1ccc(Br)c(F)c1.[W+2].[W+2]. The second kappa shape index (κ2) is 21.6. The van der Waals surface area contributed by atoms with Crippen LogP contribution in [-0.2, 0) is 42.1 Å². The molecule has 0 bridgehead atoms. The molecule has 2 aromatic carbocycles. The molecule has 0 spiro atoms. The van der Waals surface area contributed by atoms with Crippen LogP contribution in [0.5, 0.6) is 11.5 Å². The molecule has 12 heteroatoms. The fourth-order valence-electron chi connectivity index (χ4n) is 2.63. The quantitative estimate of drug-likeness (QED) is 0.239. The molecule has 0 amide bonds. The van der Waals surface area contributed by atoms with Gasteiger partial charge in [-0.25, -0.2) is 8.78 Å². The topological polar surface area (TPSA) is 65.4 Å². The van der Waals surface area contributed by atoms with E-state index in [9.17, 15) is 8.78 Å². The summed E-state index contributed by atoms with van der Waals surface area (Å²) < 4.78 is 37.7. The first kappa shape index (κ1) is 37.8. The predicted molar refractivity (Wildman–Crippen MR) is 136 cm³/mol. The van der Waals surface area contributed by atoms with Crippen molar-refractivity contribution in [2.24, 2.45) is 0 Å². The van der Waals surface area contributed by atoms with Crippen molar-refractivity contribution in [1.82, 2.24) is 9.80 Å². The predicted octanol–water partition coefficient (Wildman–Crippen LogP) is 2.79. The standard InChI is InChI=1S/C12H17BFNO3.C12H15BrFNO.2W/c1-3-15(4-2)7-8-18-10-5-6-11(13(16)17)12(14)9-10;1-3-15(4-2)7-8-16-10-5-6-11(13)12(14)9-10;;/h5-6,9,16-17H,1-4,7-8H2;5-6,9H,1-4,7-8H2;;/q2*-2;2*+2. The molecule has 198 valence electrons. The molecule has 0 aliphatic rings. The van der Waals surface area contributed by atoms with Gasteiger partial charge in [-0.1, -0.05) is 6.07 Å². The monoisotopic (exact) mass is 908 g/mol. The van der Waals surface area contributed by atoms with Gasteiger partial charge >= 0.3 is 49.2 Å². The van der Waals surface area contributed by atoms with Gasteiger partial charge in [-0.2, -0.15) is 0 Å². The molecule has 0 unspecified atom stereocenters. The summed E-state index contributed by atoms with van der Waals surface area (Å²) in [5, 5.41) is 17.7. The summed E-state index contributed by atoms with van der Waals surface area (Å²) in [4.78, 5) is 4.01. The minimum Gasteiger partial charge on any atom is -0.492 e. The third kappa shape index (κ3) is 14.6. The van der Waals surface area contributed by atoms with E-state index in [4.69, 9.17) is 19.5 Å². The zero-order chi connectivity index (χ0) is 25.5. The van der Waals surface area contributed by atoms with Crippen molar-refractivity contribution in [3.8, 4) is 11.5 Å². The van der Waals surface area contributed by atoms with E-state index in [-0.39, 0.29) is 53.4 Å². The van der Waals surface area contributed by atoms with Gasteiger partial charge in [0.2, 0.25) is 0 Å². The van der Waals surface area contributed by atoms with Crippen LogP contribution in [0.4, 0.5) is 8.78 Å². The van der Waals surface area contributed by atoms with E-state index >= 15 is 0 Å². The molecule has 0 saturated heterocycles. The zero-order valence-electron chi connectivity index (χ0n) is 20.1. The zero-order valence-corrected chi connectivity index (χ0v) is 27.5. The second-order valence-corrected chi connectivity index (χ2v) is 7.87. The summed E-state index contributed by atoms with van der Waals surface area (Å²) in [5.41, 5.74) is -0.167. The normalized spacial score (nSPS) is 10.2. The van der Waals surface area contributed by atoms with Crippen LogP contribution in [0.25, 0.3) is 0 Å². The Bertz CT molecular complexity index is 852. The molecule has 0 aromatic heterocycles. The third-order valence-electron chi connectivity index (χ3n) is 4.76. The summed E-state index contributed by atoms with van der Waals surface area (Å²) in [6.07, 6.45) is 0. The molecular formula is C24H32BBrF2N2O4W2. The molecule has 0 atom stereocenters. The molecule has 0 heterocycles. The van der Waals surface area contributed by atoms with E-state index < -0.39 is 12.9 Å². The van der Waals surface area contributed by atoms with Crippen molar-refractivity contribution in [1.29, 1.82) is 0 Å². The molecule has 36 heavy (non-hydrogen) atoms. The maximum Gasteiger partial charge on any atom is 2.00 e. The van der Waals surface area contributed by atoms with E-state index in [1.807, 2.05) is 9.80 Å². The van der Waals surface area contributed by atoms with Crippen molar-refractivity contribution in [2.45, 2.75) is 0 Å². The molecule has 2 aromatic rings. The van der Waals surface area contributed by atoms with Gasteiger partial charge in [0.25, 0.3) is 0 Å². The van der Waals surface area contributed by atoms with Crippen molar-refractivity contribution in [3.63, 3.8) is 0 Å². The molecule has 2 rings (SSSR count). The Morgan fingerprint density at radius 1 is 0.750 bits per heavy atom. The van der Waals surface area contributed by atoms with E-state index in [2.05, 4.69) is 43.6 Å². The van der Waals surface area contributed by atoms with Crippen molar-refractivity contribution in [3.05, 3.63) is 80.2 Å². The number of hydrogen-bond acceptors (Lipinski definition) is 6. The van der Waals surface area contributed by atoms with Gasteiger partial charge in [0.05, 0.1) is 4.47 Å². The van der Waals surface area contributed by atoms with Gasteiger partial charge < -0.3 is 57.0 Å². The first-order chi connectivity index (χ1) is 16.2. The van der Waals surface area contributed by atoms with Crippen LogP contribution in [0.3, 0.4) is 0 Å². The van der Waals surface area contributed by atoms with Gasteiger partial charge in [-0.15, -0.1) is 26.2 Å². The Morgan fingerprint density at radius 3 is 1.53 bits per heavy atom. The Balaban J connectivity index is 0. The smallest absolute Gasteiger partial charge is 0.492 e. The van der Waals surface area contributed by atoms with Gasteiger partial charge in [-0.05, 0) is 34.1 Å². The summed E-state index contributed by atoms with van der Waals surface area (Å²) in [5.74, 6) is -0.129. The van der Waals surface area contributed by atoms with Crippen LogP contribution in [0.15, 0.2) is 40.9 Å².